The highest BCUT2D eigenvalue weighted by atomic mass is 32.1. The van der Waals surface area contributed by atoms with Gasteiger partial charge in [-0.25, -0.2) is 0 Å². The Labute approximate surface area is 128 Å². The smallest absolute Gasteiger partial charge is 0.261 e. The molecule has 0 amide bonds. The molecule has 0 saturated carbocycles. The Morgan fingerprint density at radius 2 is 1.38 bits per heavy atom. The Kier molecular flexibility index (Phi) is 4.35. The molecule has 0 saturated heterocycles. The van der Waals surface area contributed by atoms with Gasteiger partial charge in [-0.3, -0.25) is 4.57 Å². The Hall–Kier alpha value is -1.67. The summed E-state index contributed by atoms with van der Waals surface area (Å²) in [5.41, 5.74) is 0. The van der Waals surface area contributed by atoms with E-state index in [0.29, 0.717) is 6.61 Å². The number of rotatable bonds is 5. The first-order chi connectivity index (χ1) is 10.3. The maximum atomic E-state index is 13.5. The molecule has 0 spiro atoms. The Balaban J connectivity index is 1.97. The molecule has 4 heteroatoms. The molecular weight excluding hydrogens is 299 g/mol. The van der Waals surface area contributed by atoms with Crippen LogP contribution in [0.25, 0.3) is 0 Å². The lowest BCUT2D eigenvalue weighted by molar-refractivity contribution is 0.319. The molecule has 106 valence electrons. The van der Waals surface area contributed by atoms with Gasteiger partial charge in [-0.05, 0) is 35.7 Å². The lowest BCUT2D eigenvalue weighted by atomic mass is 10.4. The zero-order valence-electron chi connectivity index (χ0n) is 11.4. The molecule has 0 aliphatic carbocycles. The van der Waals surface area contributed by atoms with Crippen LogP contribution in [0, 0.1) is 0 Å². The van der Waals surface area contributed by atoms with E-state index in [1.165, 1.54) is 0 Å². The van der Waals surface area contributed by atoms with E-state index in [1.807, 2.05) is 78.2 Å². The van der Waals surface area contributed by atoms with Crippen molar-refractivity contribution < 1.29 is 9.09 Å². The summed E-state index contributed by atoms with van der Waals surface area (Å²) in [6.45, 7) is 0.360. The molecular formula is C17H15O2PS. The van der Waals surface area contributed by atoms with Crippen LogP contribution in [0.2, 0.25) is 0 Å². The fourth-order valence-electron chi connectivity index (χ4n) is 2.10. The average Bonchev–Trinajstić information content (AvgIpc) is 3.08. The molecule has 3 aromatic rings. The summed E-state index contributed by atoms with van der Waals surface area (Å²) in [5, 5.41) is 3.45. The molecule has 0 bridgehead atoms. The van der Waals surface area contributed by atoms with Crippen molar-refractivity contribution in [1.82, 2.24) is 0 Å². The summed E-state index contributed by atoms with van der Waals surface area (Å²) < 4.78 is 19.4. The predicted molar refractivity (Wildman–Crippen MR) is 88.9 cm³/mol. The van der Waals surface area contributed by atoms with Crippen molar-refractivity contribution in [3.63, 3.8) is 0 Å². The third-order valence-electron chi connectivity index (χ3n) is 3.16. The van der Waals surface area contributed by atoms with E-state index < -0.39 is 7.37 Å². The standard InChI is InChI=1S/C17H15O2PS/c18-20(15-8-3-1-4-9-15,16-10-5-2-6-11-16)19-14-17-12-7-13-21-17/h1-13H,14H2. The van der Waals surface area contributed by atoms with E-state index in [1.54, 1.807) is 11.3 Å². The summed E-state index contributed by atoms with van der Waals surface area (Å²) in [6.07, 6.45) is 0. The second-order valence-electron chi connectivity index (χ2n) is 4.58. The lowest BCUT2D eigenvalue weighted by Crippen LogP contribution is -2.17. The van der Waals surface area contributed by atoms with Gasteiger partial charge in [-0.15, -0.1) is 11.3 Å². The van der Waals surface area contributed by atoms with Crippen molar-refractivity contribution in [2.24, 2.45) is 0 Å². The fourth-order valence-corrected chi connectivity index (χ4v) is 4.85. The van der Waals surface area contributed by atoms with Crippen molar-refractivity contribution in [2.75, 3.05) is 0 Å². The molecule has 0 unspecified atom stereocenters. The van der Waals surface area contributed by atoms with E-state index in [0.717, 1.165) is 15.5 Å². The molecule has 2 nitrogen and oxygen atoms in total. The lowest BCUT2D eigenvalue weighted by Gasteiger charge is -2.19. The molecule has 0 radical (unpaired) electrons. The minimum atomic E-state index is -3.06. The highest BCUT2D eigenvalue weighted by Gasteiger charge is 2.28. The van der Waals surface area contributed by atoms with Gasteiger partial charge in [0.05, 0.1) is 6.61 Å². The molecule has 0 N–H and O–H groups in total. The first-order valence-electron chi connectivity index (χ1n) is 6.67. The third kappa shape index (κ3) is 3.16. The van der Waals surface area contributed by atoms with E-state index in [9.17, 15) is 4.57 Å². The largest absolute Gasteiger partial charge is 0.316 e. The number of hydrogen-bond donors (Lipinski definition) is 0. The van der Waals surface area contributed by atoms with Gasteiger partial charge in [-0.2, -0.15) is 0 Å². The van der Waals surface area contributed by atoms with Crippen molar-refractivity contribution in [1.29, 1.82) is 0 Å². The third-order valence-corrected chi connectivity index (χ3v) is 6.46. The van der Waals surface area contributed by atoms with Crippen LogP contribution < -0.4 is 10.6 Å². The van der Waals surface area contributed by atoms with E-state index in [4.69, 9.17) is 4.52 Å². The van der Waals surface area contributed by atoms with Crippen molar-refractivity contribution in [3.8, 4) is 0 Å². The van der Waals surface area contributed by atoms with Crippen LogP contribution >= 0.6 is 18.7 Å². The fraction of sp³-hybridized carbons (Fsp3) is 0.0588. The van der Waals surface area contributed by atoms with Crippen molar-refractivity contribution in [2.45, 2.75) is 6.61 Å². The van der Waals surface area contributed by atoms with E-state index >= 15 is 0 Å². The Morgan fingerprint density at radius 1 is 0.810 bits per heavy atom. The minimum Gasteiger partial charge on any atom is -0.316 e. The Morgan fingerprint density at radius 3 is 1.86 bits per heavy atom. The van der Waals surface area contributed by atoms with Crippen molar-refractivity contribution in [3.05, 3.63) is 83.1 Å². The van der Waals surface area contributed by atoms with Crippen LogP contribution in [0.5, 0.6) is 0 Å². The Bertz CT molecular complexity index is 681. The number of thiophene rings is 1. The van der Waals surface area contributed by atoms with Gasteiger partial charge in [0.2, 0.25) is 0 Å². The maximum Gasteiger partial charge on any atom is 0.261 e. The van der Waals surface area contributed by atoms with Gasteiger partial charge in [0.15, 0.2) is 0 Å². The van der Waals surface area contributed by atoms with Gasteiger partial charge < -0.3 is 4.52 Å². The quantitative estimate of drug-likeness (QED) is 0.660. The molecule has 21 heavy (non-hydrogen) atoms. The first kappa shape index (κ1) is 14.3. The molecule has 0 atom stereocenters. The van der Waals surface area contributed by atoms with E-state index in [2.05, 4.69) is 0 Å². The highest BCUT2D eigenvalue weighted by molar-refractivity contribution is 7.74. The molecule has 3 rings (SSSR count). The van der Waals surface area contributed by atoms with Gasteiger partial charge in [0, 0.05) is 15.5 Å². The summed E-state index contributed by atoms with van der Waals surface area (Å²) in [7, 11) is -3.06. The second kappa shape index (κ2) is 6.40. The molecule has 0 aliphatic rings. The highest BCUT2D eigenvalue weighted by Crippen LogP contribution is 2.45. The normalized spacial score (nSPS) is 11.4. The van der Waals surface area contributed by atoms with Gasteiger partial charge in [0.25, 0.3) is 7.37 Å². The van der Waals surface area contributed by atoms with Crippen molar-refractivity contribution >= 4 is 29.3 Å². The predicted octanol–water partition coefficient (Wildman–Crippen LogP) is 4.19. The molecule has 1 aromatic heterocycles. The molecule has 0 fully saturated rings. The van der Waals surface area contributed by atoms with Crippen LogP contribution in [-0.2, 0) is 15.7 Å². The van der Waals surface area contributed by atoms with Crippen LogP contribution in [0.1, 0.15) is 4.88 Å². The van der Waals surface area contributed by atoms with Crippen LogP contribution in [-0.4, -0.2) is 0 Å². The topological polar surface area (TPSA) is 26.3 Å². The average molecular weight is 314 g/mol. The monoisotopic (exact) mass is 314 g/mol. The minimum absolute atomic E-state index is 0.360. The molecule has 2 aromatic carbocycles. The zero-order chi connectivity index (χ0) is 14.5. The first-order valence-corrected chi connectivity index (χ1v) is 9.18. The SMILES string of the molecule is O=P(OCc1cccs1)(c1ccccc1)c1ccccc1. The van der Waals surface area contributed by atoms with Gasteiger partial charge in [0.1, 0.15) is 0 Å². The van der Waals surface area contributed by atoms with Crippen LogP contribution in [0.4, 0.5) is 0 Å². The number of benzene rings is 2. The number of hydrogen-bond acceptors (Lipinski definition) is 3. The summed E-state index contributed by atoms with van der Waals surface area (Å²) in [6, 6.07) is 22.8. The second-order valence-corrected chi connectivity index (χ2v) is 8.00. The summed E-state index contributed by atoms with van der Waals surface area (Å²) >= 11 is 1.61. The van der Waals surface area contributed by atoms with Crippen LogP contribution in [0.15, 0.2) is 78.2 Å². The van der Waals surface area contributed by atoms with Crippen LogP contribution in [0.3, 0.4) is 0 Å². The summed E-state index contributed by atoms with van der Waals surface area (Å²) in [4.78, 5) is 1.07. The zero-order valence-corrected chi connectivity index (χ0v) is 13.1. The van der Waals surface area contributed by atoms with Gasteiger partial charge in [-0.1, -0.05) is 42.5 Å². The molecule has 1 heterocycles. The summed E-state index contributed by atoms with van der Waals surface area (Å²) in [5.74, 6) is 0. The van der Waals surface area contributed by atoms with Gasteiger partial charge >= 0.3 is 0 Å². The maximum absolute atomic E-state index is 13.5. The molecule has 0 aliphatic heterocycles. The van der Waals surface area contributed by atoms with E-state index in [-0.39, 0.29) is 0 Å².